The summed E-state index contributed by atoms with van der Waals surface area (Å²) in [6, 6.07) is 10.4. The van der Waals surface area contributed by atoms with Gasteiger partial charge in [-0.25, -0.2) is 4.79 Å². The third-order valence-electron chi connectivity index (χ3n) is 4.65. The van der Waals surface area contributed by atoms with Crippen molar-refractivity contribution in [2.45, 2.75) is 19.9 Å². The Kier molecular flexibility index (Phi) is 6.86. The minimum absolute atomic E-state index is 0.102. The fourth-order valence-corrected chi connectivity index (χ4v) is 4.21. The molecule has 1 aromatic heterocycles. The Balaban J connectivity index is 2.01. The van der Waals surface area contributed by atoms with Crippen LogP contribution in [0.15, 0.2) is 41.4 Å². The molecule has 0 saturated carbocycles. The van der Waals surface area contributed by atoms with Gasteiger partial charge in [0.2, 0.25) is 0 Å². The average molecular weight is 442 g/mol. The van der Waals surface area contributed by atoms with Gasteiger partial charge in [0.25, 0.3) is 5.91 Å². The van der Waals surface area contributed by atoms with E-state index in [2.05, 4.69) is 4.99 Å². The van der Waals surface area contributed by atoms with Gasteiger partial charge >= 0.3 is 11.9 Å². The molecule has 1 amide bonds. The van der Waals surface area contributed by atoms with E-state index in [1.54, 1.807) is 29.9 Å². The van der Waals surface area contributed by atoms with Crippen LogP contribution in [-0.2, 0) is 32.0 Å². The van der Waals surface area contributed by atoms with Gasteiger partial charge in [0.05, 0.1) is 43.5 Å². The van der Waals surface area contributed by atoms with Gasteiger partial charge in [0, 0.05) is 0 Å². The van der Waals surface area contributed by atoms with Crippen LogP contribution in [-0.4, -0.2) is 43.7 Å². The van der Waals surface area contributed by atoms with E-state index in [-0.39, 0.29) is 18.9 Å². The van der Waals surface area contributed by atoms with Crippen LogP contribution < -0.4 is 9.54 Å². The lowest BCUT2D eigenvalue weighted by atomic mass is 10.1. The third kappa shape index (κ3) is 5.00. The van der Waals surface area contributed by atoms with Gasteiger partial charge in [-0.15, -0.1) is 0 Å². The molecule has 0 aliphatic heterocycles. The van der Waals surface area contributed by atoms with Gasteiger partial charge in [-0.2, -0.15) is 4.99 Å². The second kappa shape index (κ2) is 9.57. The number of aromatic nitrogens is 1. The van der Waals surface area contributed by atoms with Crippen molar-refractivity contribution < 1.29 is 28.6 Å². The number of hydrogen-bond acceptors (Lipinski definition) is 7. The number of carbonyl (C=O) groups is 3. The SMILES string of the molecule is COC(=O)Cn1c(=NC(=O)Cc2ccc(OC)c(C)c2)sc2cc(C(=O)OC)ccc21. The lowest BCUT2D eigenvalue weighted by Gasteiger charge is -2.06. The van der Waals surface area contributed by atoms with E-state index >= 15 is 0 Å². The highest BCUT2D eigenvalue weighted by Crippen LogP contribution is 2.21. The molecule has 0 radical (unpaired) electrons. The summed E-state index contributed by atoms with van der Waals surface area (Å²) in [6.45, 7) is 1.79. The number of rotatable bonds is 6. The molecule has 3 aromatic rings. The second-order valence-electron chi connectivity index (χ2n) is 6.71. The standard InChI is InChI=1S/C22H22N2O6S/c1-13-9-14(5-8-17(13)28-2)10-19(25)23-22-24(12-20(26)29-3)16-7-6-15(21(27)30-4)11-18(16)31-22/h5-9,11H,10,12H2,1-4H3. The van der Waals surface area contributed by atoms with Crippen LogP contribution in [0.25, 0.3) is 10.2 Å². The number of carbonyl (C=O) groups excluding carboxylic acids is 3. The van der Waals surface area contributed by atoms with Gasteiger partial charge < -0.3 is 18.8 Å². The maximum Gasteiger partial charge on any atom is 0.337 e. The number of methoxy groups -OCH3 is 3. The van der Waals surface area contributed by atoms with Crippen molar-refractivity contribution in [1.29, 1.82) is 0 Å². The molecule has 9 heteroatoms. The van der Waals surface area contributed by atoms with Crippen LogP contribution >= 0.6 is 11.3 Å². The van der Waals surface area contributed by atoms with Crippen molar-refractivity contribution in [1.82, 2.24) is 4.57 Å². The van der Waals surface area contributed by atoms with Gasteiger partial charge in [-0.3, -0.25) is 9.59 Å². The summed E-state index contributed by atoms with van der Waals surface area (Å²) in [5, 5.41) is 0. The molecule has 0 saturated heterocycles. The predicted octanol–water partition coefficient (Wildman–Crippen LogP) is 2.65. The number of ether oxygens (including phenoxy) is 3. The number of thiazole rings is 1. The van der Waals surface area contributed by atoms with Crippen LogP contribution in [0.5, 0.6) is 5.75 Å². The monoisotopic (exact) mass is 442 g/mol. The van der Waals surface area contributed by atoms with E-state index in [0.29, 0.717) is 20.6 Å². The first-order valence-electron chi connectivity index (χ1n) is 9.36. The Bertz CT molecular complexity index is 1220. The first-order valence-corrected chi connectivity index (χ1v) is 10.2. The topological polar surface area (TPSA) is 96.2 Å². The van der Waals surface area contributed by atoms with Gasteiger partial charge in [-0.05, 0) is 42.3 Å². The number of hydrogen-bond donors (Lipinski definition) is 0. The molecule has 0 atom stereocenters. The van der Waals surface area contributed by atoms with Crippen LogP contribution in [0.3, 0.4) is 0 Å². The Morgan fingerprint density at radius 2 is 1.81 bits per heavy atom. The van der Waals surface area contributed by atoms with Crippen molar-refractivity contribution in [3.8, 4) is 5.75 Å². The Morgan fingerprint density at radius 3 is 2.45 bits per heavy atom. The molecule has 2 aromatic carbocycles. The summed E-state index contributed by atoms with van der Waals surface area (Å²) in [5.74, 6) is -0.561. The zero-order chi connectivity index (χ0) is 22.5. The first kappa shape index (κ1) is 22.2. The minimum Gasteiger partial charge on any atom is -0.496 e. The number of fused-ring (bicyclic) bond motifs is 1. The summed E-state index contributed by atoms with van der Waals surface area (Å²) in [6.07, 6.45) is 0.102. The summed E-state index contributed by atoms with van der Waals surface area (Å²) in [4.78, 5) is 41.0. The highest BCUT2D eigenvalue weighted by atomic mass is 32.1. The largest absolute Gasteiger partial charge is 0.496 e. The third-order valence-corrected chi connectivity index (χ3v) is 5.69. The van der Waals surface area contributed by atoms with Gasteiger partial charge in [0.1, 0.15) is 12.3 Å². The number of benzene rings is 2. The molecule has 1 heterocycles. The Labute approximate surface area is 182 Å². The van der Waals surface area contributed by atoms with E-state index in [9.17, 15) is 14.4 Å². The number of aryl methyl sites for hydroxylation is 1. The molecule has 0 bridgehead atoms. The molecule has 0 spiro atoms. The van der Waals surface area contributed by atoms with Crippen molar-refractivity contribution in [3.63, 3.8) is 0 Å². The molecular formula is C22H22N2O6S. The normalized spacial score (nSPS) is 11.4. The number of amides is 1. The Hall–Kier alpha value is -3.46. The molecule has 8 nitrogen and oxygen atoms in total. The van der Waals surface area contributed by atoms with Crippen molar-refractivity contribution >= 4 is 39.4 Å². The molecule has 0 N–H and O–H groups in total. The minimum atomic E-state index is -0.476. The quantitative estimate of drug-likeness (QED) is 0.545. The zero-order valence-corrected chi connectivity index (χ0v) is 18.4. The molecular weight excluding hydrogens is 420 g/mol. The predicted molar refractivity (Wildman–Crippen MR) is 115 cm³/mol. The maximum atomic E-state index is 12.7. The summed E-state index contributed by atoms with van der Waals surface area (Å²) < 4.78 is 17.1. The number of nitrogens with zero attached hydrogens (tertiary/aromatic N) is 2. The smallest absolute Gasteiger partial charge is 0.337 e. The van der Waals surface area contributed by atoms with E-state index < -0.39 is 11.9 Å². The number of esters is 2. The molecule has 0 fully saturated rings. The van der Waals surface area contributed by atoms with Crippen molar-refractivity contribution in [3.05, 3.63) is 57.9 Å². The highest BCUT2D eigenvalue weighted by Gasteiger charge is 2.15. The van der Waals surface area contributed by atoms with Gasteiger partial charge in [-0.1, -0.05) is 23.5 Å². The molecule has 3 rings (SSSR count). The molecule has 162 valence electrons. The summed E-state index contributed by atoms with van der Waals surface area (Å²) >= 11 is 1.21. The van der Waals surface area contributed by atoms with Crippen LogP contribution in [0.1, 0.15) is 21.5 Å². The second-order valence-corrected chi connectivity index (χ2v) is 7.72. The highest BCUT2D eigenvalue weighted by molar-refractivity contribution is 7.16. The fourth-order valence-electron chi connectivity index (χ4n) is 3.12. The lowest BCUT2D eigenvalue weighted by molar-refractivity contribution is -0.141. The Morgan fingerprint density at radius 1 is 1.03 bits per heavy atom. The fraction of sp³-hybridized carbons (Fsp3) is 0.273. The molecule has 0 aliphatic carbocycles. The molecule has 31 heavy (non-hydrogen) atoms. The van der Waals surface area contributed by atoms with E-state index in [1.165, 1.54) is 25.6 Å². The summed E-state index contributed by atoms with van der Waals surface area (Å²) in [5.41, 5.74) is 2.76. The van der Waals surface area contributed by atoms with E-state index in [0.717, 1.165) is 16.9 Å². The van der Waals surface area contributed by atoms with E-state index in [4.69, 9.17) is 14.2 Å². The van der Waals surface area contributed by atoms with E-state index in [1.807, 2.05) is 25.1 Å². The maximum absolute atomic E-state index is 12.7. The first-order chi connectivity index (χ1) is 14.9. The zero-order valence-electron chi connectivity index (χ0n) is 17.6. The van der Waals surface area contributed by atoms with Crippen LogP contribution in [0.2, 0.25) is 0 Å². The average Bonchev–Trinajstić information content (AvgIpc) is 3.08. The van der Waals surface area contributed by atoms with Crippen molar-refractivity contribution in [2.75, 3.05) is 21.3 Å². The molecule has 0 aliphatic rings. The van der Waals surface area contributed by atoms with Gasteiger partial charge in [0.15, 0.2) is 4.80 Å². The van der Waals surface area contributed by atoms with Crippen molar-refractivity contribution in [2.24, 2.45) is 4.99 Å². The van der Waals surface area contributed by atoms with Crippen LogP contribution in [0.4, 0.5) is 0 Å². The van der Waals surface area contributed by atoms with Crippen LogP contribution in [0, 0.1) is 6.92 Å². The lowest BCUT2D eigenvalue weighted by Crippen LogP contribution is -2.22. The molecule has 0 unspecified atom stereocenters. The summed E-state index contributed by atoms with van der Waals surface area (Å²) in [7, 11) is 4.19.